The lowest BCUT2D eigenvalue weighted by atomic mass is 10.2. The van der Waals surface area contributed by atoms with Crippen LogP contribution in [0.2, 0.25) is 0 Å². The average Bonchev–Trinajstić information content (AvgIpc) is 2.46. The maximum atomic E-state index is 9.93. The summed E-state index contributed by atoms with van der Waals surface area (Å²) < 4.78 is 5.54. The number of benzene rings is 1. The van der Waals surface area contributed by atoms with Gasteiger partial charge in [0.1, 0.15) is 38.1 Å². The second-order valence-corrected chi connectivity index (χ2v) is 4.86. The van der Waals surface area contributed by atoms with Crippen LogP contribution >= 0.6 is 0 Å². The Morgan fingerprint density at radius 2 is 1.70 bits per heavy atom. The molecule has 0 saturated carbocycles. The quantitative estimate of drug-likeness (QED) is 0.438. The van der Waals surface area contributed by atoms with Gasteiger partial charge in [-0.25, -0.2) is 0 Å². The average molecular weight is 284 g/mol. The highest BCUT2D eigenvalue weighted by molar-refractivity contribution is 5.27. The van der Waals surface area contributed by atoms with Crippen molar-refractivity contribution in [3.63, 3.8) is 0 Å². The van der Waals surface area contributed by atoms with Crippen LogP contribution in [0, 0.1) is 0 Å². The van der Waals surface area contributed by atoms with Gasteiger partial charge < -0.3 is 25.0 Å². The fourth-order valence-corrected chi connectivity index (χ4v) is 2.05. The smallest absolute Gasteiger partial charge is 0.137 e. The molecule has 1 rings (SSSR count). The standard InChI is InChI=1S/C15H25NO4/c1-2-13-3-5-15(6-4-13)20-12-14(19)11-16(7-9-17)8-10-18/h3-6,14,17-19H,2,7-12H2,1H3/p+1/t14-/m1/s1. The topological polar surface area (TPSA) is 74.4 Å². The van der Waals surface area contributed by atoms with E-state index in [4.69, 9.17) is 14.9 Å². The zero-order valence-corrected chi connectivity index (χ0v) is 12.1. The lowest BCUT2D eigenvalue weighted by Crippen LogP contribution is -3.14. The Bertz CT molecular complexity index is 349. The first-order valence-electron chi connectivity index (χ1n) is 7.14. The summed E-state index contributed by atoms with van der Waals surface area (Å²) >= 11 is 0. The molecule has 0 saturated heterocycles. The summed E-state index contributed by atoms with van der Waals surface area (Å²) in [7, 11) is 0. The molecule has 0 aromatic heterocycles. The fourth-order valence-electron chi connectivity index (χ4n) is 2.05. The van der Waals surface area contributed by atoms with Crippen LogP contribution in [0.1, 0.15) is 12.5 Å². The zero-order valence-electron chi connectivity index (χ0n) is 12.1. The first-order valence-corrected chi connectivity index (χ1v) is 7.14. The van der Waals surface area contributed by atoms with E-state index < -0.39 is 6.10 Å². The van der Waals surface area contributed by atoms with Gasteiger partial charge in [0.25, 0.3) is 0 Å². The molecule has 5 heteroatoms. The Kier molecular flexibility index (Phi) is 8.22. The molecule has 0 fully saturated rings. The number of aryl methyl sites for hydroxylation is 1. The highest BCUT2D eigenvalue weighted by Crippen LogP contribution is 2.12. The van der Waals surface area contributed by atoms with Crippen LogP contribution in [0.25, 0.3) is 0 Å². The number of nitrogens with one attached hydrogen (secondary N) is 1. The van der Waals surface area contributed by atoms with Crippen LogP contribution in [0.3, 0.4) is 0 Å². The number of hydrogen-bond acceptors (Lipinski definition) is 4. The predicted octanol–water partition coefficient (Wildman–Crippen LogP) is -1.14. The summed E-state index contributed by atoms with van der Waals surface area (Å²) in [6, 6.07) is 7.82. The molecule has 0 aliphatic heterocycles. The van der Waals surface area contributed by atoms with Crippen molar-refractivity contribution in [2.45, 2.75) is 19.4 Å². The molecule has 0 aliphatic rings. The van der Waals surface area contributed by atoms with Gasteiger partial charge in [-0.15, -0.1) is 0 Å². The van der Waals surface area contributed by atoms with Crippen molar-refractivity contribution in [1.82, 2.24) is 0 Å². The lowest BCUT2D eigenvalue weighted by molar-refractivity contribution is -0.903. The third-order valence-electron chi connectivity index (χ3n) is 3.23. The van der Waals surface area contributed by atoms with E-state index in [1.54, 1.807) is 0 Å². The summed E-state index contributed by atoms with van der Waals surface area (Å²) in [5, 5.41) is 27.8. The van der Waals surface area contributed by atoms with Crippen molar-refractivity contribution in [1.29, 1.82) is 0 Å². The fraction of sp³-hybridized carbons (Fsp3) is 0.600. The van der Waals surface area contributed by atoms with Gasteiger partial charge in [-0.05, 0) is 24.1 Å². The van der Waals surface area contributed by atoms with Gasteiger partial charge in [0, 0.05) is 0 Å². The van der Waals surface area contributed by atoms with Crippen molar-refractivity contribution in [2.24, 2.45) is 0 Å². The van der Waals surface area contributed by atoms with Crippen LogP contribution in [0.15, 0.2) is 24.3 Å². The van der Waals surface area contributed by atoms with Crippen molar-refractivity contribution < 1.29 is 25.0 Å². The molecular weight excluding hydrogens is 258 g/mol. The Balaban J connectivity index is 2.35. The third kappa shape index (κ3) is 6.34. The molecule has 0 amide bonds. The highest BCUT2D eigenvalue weighted by Gasteiger charge is 2.14. The SMILES string of the molecule is CCc1ccc(OC[C@H](O)C[NH+](CCO)CCO)cc1. The Hall–Kier alpha value is -1.14. The normalized spacial score (nSPS) is 12.7. The van der Waals surface area contributed by atoms with E-state index >= 15 is 0 Å². The van der Waals surface area contributed by atoms with Gasteiger partial charge in [0.05, 0.1) is 13.2 Å². The molecule has 0 aliphatic carbocycles. The van der Waals surface area contributed by atoms with Gasteiger partial charge in [-0.2, -0.15) is 0 Å². The molecule has 0 bridgehead atoms. The number of ether oxygens (including phenoxy) is 1. The summed E-state index contributed by atoms with van der Waals surface area (Å²) in [6.45, 7) is 3.88. The van der Waals surface area contributed by atoms with E-state index in [0.29, 0.717) is 19.6 Å². The molecule has 1 aromatic rings. The van der Waals surface area contributed by atoms with E-state index in [2.05, 4.69) is 6.92 Å². The molecule has 1 aromatic carbocycles. The van der Waals surface area contributed by atoms with Crippen molar-refractivity contribution in [3.05, 3.63) is 29.8 Å². The highest BCUT2D eigenvalue weighted by atomic mass is 16.5. The van der Waals surface area contributed by atoms with Crippen LogP contribution in [-0.4, -0.2) is 60.9 Å². The number of quaternary nitrogens is 1. The summed E-state index contributed by atoms with van der Waals surface area (Å²) in [5.41, 5.74) is 1.25. The van der Waals surface area contributed by atoms with Gasteiger partial charge in [0.15, 0.2) is 0 Å². The van der Waals surface area contributed by atoms with Crippen molar-refractivity contribution in [3.8, 4) is 5.75 Å². The minimum absolute atomic E-state index is 0.0430. The first kappa shape index (κ1) is 16.9. The molecule has 114 valence electrons. The molecule has 0 spiro atoms. The molecular formula is C15H26NO4+. The van der Waals surface area contributed by atoms with Crippen LogP contribution in [0.4, 0.5) is 0 Å². The van der Waals surface area contributed by atoms with Crippen LogP contribution < -0.4 is 9.64 Å². The van der Waals surface area contributed by atoms with Gasteiger partial charge in [-0.1, -0.05) is 19.1 Å². The van der Waals surface area contributed by atoms with E-state index in [1.807, 2.05) is 24.3 Å². The summed E-state index contributed by atoms with van der Waals surface area (Å²) in [5.74, 6) is 0.743. The predicted molar refractivity (Wildman–Crippen MR) is 77.1 cm³/mol. The molecule has 1 atom stereocenters. The minimum atomic E-state index is -0.617. The molecule has 5 nitrogen and oxygen atoms in total. The number of aliphatic hydroxyl groups excluding tert-OH is 3. The monoisotopic (exact) mass is 284 g/mol. The maximum absolute atomic E-state index is 9.93. The van der Waals surface area contributed by atoms with Crippen molar-refractivity contribution in [2.75, 3.05) is 39.5 Å². The van der Waals surface area contributed by atoms with E-state index in [9.17, 15) is 5.11 Å². The largest absolute Gasteiger partial charge is 0.491 e. The number of hydrogen-bond donors (Lipinski definition) is 4. The van der Waals surface area contributed by atoms with Gasteiger partial charge in [-0.3, -0.25) is 0 Å². The van der Waals surface area contributed by atoms with Gasteiger partial charge >= 0.3 is 0 Å². The van der Waals surface area contributed by atoms with Crippen LogP contribution in [-0.2, 0) is 6.42 Å². The third-order valence-corrected chi connectivity index (χ3v) is 3.23. The molecule has 4 N–H and O–H groups in total. The lowest BCUT2D eigenvalue weighted by Gasteiger charge is -2.21. The summed E-state index contributed by atoms with van der Waals surface area (Å²) in [6.07, 6.45) is 0.373. The van der Waals surface area contributed by atoms with E-state index in [1.165, 1.54) is 5.56 Å². The van der Waals surface area contributed by atoms with Gasteiger partial charge in [0.2, 0.25) is 0 Å². The summed E-state index contributed by atoms with van der Waals surface area (Å²) in [4.78, 5) is 0.965. The van der Waals surface area contributed by atoms with E-state index in [0.717, 1.165) is 17.1 Å². The Morgan fingerprint density at radius 1 is 1.10 bits per heavy atom. The molecule has 0 radical (unpaired) electrons. The minimum Gasteiger partial charge on any atom is -0.491 e. The van der Waals surface area contributed by atoms with E-state index in [-0.39, 0.29) is 19.8 Å². The molecule has 20 heavy (non-hydrogen) atoms. The molecule has 0 unspecified atom stereocenters. The second-order valence-electron chi connectivity index (χ2n) is 4.86. The molecule has 0 heterocycles. The first-order chi connectivity index (χ1) is 9.69. The Labute approximate surface area is 120 Å². The van der Waals surface area contributed by atoms with Crippen LogP contribution in [0.5, 0.6) is 5.75 Å². The number of rotatable bonds is 10. The number of aliphatic hydroxyl groups is 3. The van der Waals surface area contributed by atoms with Crippen molar-refractivity contribution >= 4 is 0 Å². The zero-order chi connectivity index (χ0) is 14.8. The maximum Gasteiger partial charge on any atom is 0.137 e. The Morgan fingerprint density at radius 3 is 2.20 bits per heavy atom. The second kappa shape index (κ2) is 9.72.